The fraction of sp³-hybridized carbons (Fsp3) is 0.148. The summed E-state index contributed by atoms with van der Waals surface area (Å²) < 4.78 is 22.1. The number of carbonyl (C=O) groups excluding carboxylic acids is 2. The number of carbonyl (C=O) groups is 2. The summed E-state index contributed by atoms with van der Waals surface area (Å²) in [4.78, 5) is 37.2. The number of benzene rings is 3. The van der Waals surface area contributed by atoms with Crippen LogP contribution in [0.3, 0.4) is 0 Å². The fourth-order valence-electron chi connectivity index (χ4n) is 4.42. The highest BCUT2D eigenvalue weighted by molar-refractivity contribution is 6.30. The number of ether oxygens (including phenoxy) is 3. The van der Waals surface area contributed by atoms with Gasteiger partial charge in [0.1, 0.15) is 28.7 Å². The normalized spacial score (nSPS) is 14.6. The number of esters is 1. The maximum absolute atomic E-state index is 13.5. The minimum absolute atomic E-state index is 0.0483. The van der Waals surface area contributed by atoms with E-state index in [1.807, 2.05) is 0 Å². The van der Waals surface area contributed by atoms with Crippen LogP contribution in [0.4, 0.5) is 0 Å². The first-order chi connectivity index (χ1) is 17.8. The molecule has 37 heavy (non-hydrogen) atoms. The number of phenolic OH excluding ortho intramolecular Hbond substituents is 1. The second-order valence-electron chi connectivity index (χ2n) is 8.39. The van der Waals surface area contributed by atoms with Gasteiger partial charge in [-0.1, -0.05) is 29.8 Å². The monoisotopic (exact) mass is 521 g/mol. The van der Waals surface area contributed by atoms with E-state index in [0.717, 1.165) is 0 Å². The number of methoxy groups -OCH3 is 1. The van der Waals surface area contributed by atoms with Crippen LogP contribution in [0.1, 0.15) is 23.5 Å². The number of halogens is 1. The molecule has 10 heteroatoms. The third-order valence-electron chi connectivity index (χ3n) is 6.09. The third kappa shape index (κ3) is 4.45. The van der Waals surface area contributed by atoms with Gasteiger partial charge in [-0.3, -0.25) is 14.4 Å². The molecule has 1 atom stereocenters. The summed E-state index contributed by atoms with van der Waals surface area (Å²) in [5.74, 6) is -1.53. The molecule has 9 nitrogen and oxygen atoms in total. The van der Waals surface area contributed by atoms with E-state index < -0.39 is 23.2 Å². The zero-order valence-electron chi connectivity index (χ0n) is 19.4. The fourth-order valence-corrected chi connectivity index (χ4v) is 4.54. The summed E-state index contributed by atoms with van der Waals surface area (Å²) in [6.45, 7) is -0.373. The topological polar surface area (TPSA) is 138 Å². The van der Waals surface area contributed by atoms with E-state index >= 15 is 0 Å². The molecular weight excluding hydrogens is 502 g/mol. The molecule has 3 N–H and O–H groups in total. The van der Waals surface area contributed by atoms with Gasteiger partial charge >= 0.3 is 5.97 Å². The molecule has 5 rings (SSSR count). The Labute approximate surface area is 214 Å². The molecule has 1 aromatic heterocycles. The first kappa shape index (κ1) is 24.2. The predicted octanol–water partition coefficient (Wildman–Crippen LogP) is 4.13. The molecule has 0 saturated carbocycles. The van der Waals surface area contributed by atoms with Crippen molar-refractivity contribution < 1.29 is 33.3 Å². The first-order valence-electron chi connectivity index (χ1n) is 11.1. The largest absolute Gasteiger partial charge is 0.507 e. The molecule has 0 aliphatic carbocycles. The summed E-state index contributed by atoms with van der Waals surface area (Å²) in [6, 6.07) is 12.8. The number of nitrogens with two attached hydrogens (primary N) is 1. The van der Waals surface area contributed by atoms with Crippen molar-refractivity contribution in [1.82, 2.24) is 0 Å². The predicted molar refractivity (Wildman–Crippen MR) is 134 cm³/mol. The van der Waals surface area contributed by atoms with Gasteiger partial charge in [-0.25, -0.2) is 0 Å². The van der Waals surface area contributed by atoms with Gasteiger partial charge in [-0.05, 0) is 35.4 Å². The molecule has 1 aliphatic heterocycles. The highest BCUT2D eigenvalue weighted by atomic mass is 35.5. The van der Waals surface area contributed by atoms with Gasteiger partial charge in [0.05, 0.1) is 19.1 Å². The number of aromatic hydroxyl groups is 1. The zero-order chi connectivity index (χ0) is 26.3. The molecule has 0 saturated heterocycles. The number of hydrogen-bond donors (Lipinski definition) is 2. The Morgan fingerprint density at radius 1 is 1.14 bits per heavy atom. The van der Waals surface area contributed by atoms with E-state index in [0.29, 0.717) is 27.5 Å². The van der Waals surface area contributed by atoms with E-state index in [1.54, 1.807) is 42.5 Å². The SMILES string of the molecule is COc1ccc([C@H]2CC(=O)Oc3cc(O)c4c(=O)c(-c5ccc(Cl)cc5)coc4c32)cc1OCC(N)=O. The number of fused-ring (bicyclic) bond motifs is 3. The van der Waals surface area contributed by atoms with Crippen LogP contribution in [0.2, 0.25) is 5.02 Å². The van der Waals surface area contributed by atoms with Crippen molar-refractivity contribution >= 4 is 34.4 Å². The average Bonchev–Trinajstić information content (AvgIpc) is 2.87. The van der Waals surface area contributed by atoms with E-state index in [4.69, 9.17) is 36.0 Å². The Kier molecular flexibility index (Phi) is 6.22. The van der Waals surface area contributed by atoms with Crippen LogP contribution in [-0.2, 0) is 9.59 Å². The molecule has 0 bridgehead atoms. The van der Waals surface area contributed by atoms with Gasteiger partial charge < -0.3 is 29.5 Å². The molecule has 2 heterocycles. The number of rotatable bonds is 6. The molecule has 0 radical (unpaired) electrons. The molecule has 1 aliphatic rings. The third-order valence-corrected chi connectivity index (χ3v) is 6.34. The zero-order valence-corrected chi connectivity index (χ0v) is 20.2. The maximum atomic E-state index is 13.5. The van der Waals surface area contributed by atoms with Crippen LogP contribution in [0.15, 0.2) is 64.0 Å². The van der Waals surface area contributed by atoms with E-state index in [-0.39, 0.29) is 46.8 Å². The summed E-state index contributed by atoms with van der Waals surface area (Å²) in [5.41, 5.74) is 6.65. The second kappa shape index (κ2) is 9.51. The van der Waals surface area contributed by atoms with E-state index in [1.165, 1.54) is 19.4 Å². The van der Waals surface area contributed by atoms with Crippen molar-refractivity contribution in [3.8, 4) is 34.1 Å². The van der Waals surface area contributed by atoms with Gasteiger partial charge in [0.2, 0.25) is 5.43 Å². The minimum atomic E-state index is -0.668. The summed E-state index contributed by atoms with van der Waals surface area (Å²) in [7, 11) is 1.45. The lowest BCUT2D eigenvalue weighted by Gasteiger charge is -2.26. The van der Waals surface area contributed by atoms with Crippen molar-refractivity contribution in [2.24, 2.45) is 5.73 Å². The Morgan fingerprint density at radius 3 is 2.59 bits per heavy atom. The molecule has 0 fully saturated rings. The van der Waals surface area contributed by atoms with Crippen LogP contribution in [-0.4, -0.2) is 30.7 Å². The number of hydrogen-bond acceptors (Lipinski definition) is 8. The number of primary amides is 1. The average molecular weight is 522 g/mol. The molecule has 3 aromatic carbocycles. The van der Waals surface area contributed by atoms with Crippen LogP contribution in [0.5, 0.6) is 23.0 Å². The van der Waals surface area contributed by atoms with Crippen molar-refractivity contribution in [2.75, 3.05) is 13.7 Å². The summed E-state index contributed by atoms with van der Waals surface area (Å²) >= 11 is 5.97. The minimum Gasteiger partial charge on any atom is -0.507 e. The van der Waals surface area contributed by atoms with Gasteiger partial charge in [-0.15, -0.1) is 0 Å². The van der Waals surface area contributed by atoms with Gasteiger partial charge in [0.15, 0.2) is 18.1 Å². The quantitative estimate of drug-likeness (QED) is 0.285. The Hall–Kier alpha value is -4.50. The molecule has 188 valence electrons. The molecule has 4 aromatic rings. The Morgan fingerprint density at radius 2 is 1.89 bits per heavy atom. The standard InChI is InChI=1S/C27H20ClNO8/c1-34-19-7-4-14(8-20(19)35-12-22(29)31)16-9-23(32)37-21-10-18(30)25-26(33)17(11-36-27(25)24(16)21)13-2-5-15(28)6-3-13/h2-8,10-11,16,30H,9,12H2,1H3,(H2,29,31)/t16-/m1/s1. The Balaban J connectivity index is 1.69. The van der Waals surface area contributed by atoms with Crippen molar-refractivity contribution in [3.63, 3.8) is 0 Å². The van der Waals surface area contributed by atoms with Crippen molar-refractivity contribution in [2.45, 2.75) is 12.3 Å². The summed E-state index contributed by atoms with van der Waals surface area (Å²) in [6.07, 6.45) is 1.23. The lowest BCUT2D eigenvalue weighted by atomic mass is 9.84. The second-order valence-corrected chi connectivity index (χ2v) is 8.83. The van der Waals surface area contributed by atoms with Crippen molar-refractivity contribution in [3.05, 3.63) is 81.2 Å². The van der Waals surface area contributed by atoms with Gasteiger partial charge in [0.25, 0.3) is 5.91 Å². The van der Waals surface area contributed by atoms with E-state index in [9.17, 15) is 19.5 Å². The van der Waals surface area contributed by atoms with Crippen LogP contribution >= 0.6 is 11.6 Å². The van der Waals surface area contributed by atoms with Crippen molar-refractivity contribution in [1.29, 1.82) is 0 Å². The maximum Gasteiger partial charge on any atom is 0.312 e. The molecule has 0 spiro atoms. The lowest BCUT2D eigenvalue weighted by Crippen LogP contribution is -2.22. The lowest BCUT2D eigenvalue weighted by molar-refractivity contribution is -0.135. The first-order valence-corrected chi connectivity index (χ1v) is 11.5. The van der Waals surface area contributed by atoms with Crippen LogP contribution < -0.4 is 25.4 Å². The van der Waals surface area contributed by atoms with Gasteiger partial charge in [0, 0.05) is 22.6 Å². The Bertz CT molecular complexity index is 1610. The molecule has 1 amide bonds. The number of phenols is 1. The summed E-state index contributed by atoms with van der Waals surface area (Å²) in [5, 5.41) is 11.2. The van der Waals surface area contributed by atoms with E-state index in [2.05, 4.69) is 0 Å². The number of amides is 1. The molecular formula is C27H20ClNO8. The van der Waals surface area contributed by atoms with Crippen LogP contribution in [0, 0.1) is 0 Å². The molecule has 0 unspecified atom stereocenters. The van der Waals surface area contributed by atoms with Gasteiger partial charge in [-0.2, -0.15) is 0 Å². The smallest absolute Gasteiger partial charge is 0.312 e. The highest BCUT2D eigenvalue weighted by Crippen LogP contribution is 2.46. The van der Waals surface area contributed by atoms with Crippen LogP contribution in [0.25, 0.3) is 22.1 Å². The highest BCUT2D eigenvalue weighted by Gasteiger charge is 2.34.